The van der Waals surface area contributed by atoms with Gasteiger partial charge < -0.3 is 4.18 Å². The van der Waals surface area contributed by atoms with Gasteiger partial charge in [-0.1, -0.05) is 0 Å². The van der Waals surface area contributed by atoms with Crippen LogP contribution in [0, 0.1) is 3.57 Å². The first-order valence-corrected chi connectivity index (χ1v) is 6.71. The van der Waals surface area contributed by atoms with Crippen molar-refractivity contribution in [3.63, 3.8) is 0 Å². The zero-order chi connectivity index (χ0) is 15.1. The van der Waals surface area contributed by atoms with Crippen molar-refractivity contribution < 1.29 is 38.9 Å². The Bertz CT molecular complexity index is 577. The molecule has 11 heteroatoms. The number of hydrogen-bond donors (Lipinski definition) is 0. The molecule has 19 heavy (non-hydrogen) atoms. The van der Waals surface area contributed by atoms with E-state index in [-0.39, 0.29) is 0 Å². The molecule has 0 saturated heterocycles. The Labute approximate surface area is 116 Å². The minimum atomic E-state index is -5.91. The molecule has 1 rings (SSSR count). The lowest BCUT2D eigenvalue weighted by Crippen LogP contribution is -2.28. The summed E-state index contributed by atoms with van der Waals surface area (Å²) in [6.07, 6.45) is -4.69. The fraction of sp³-hybridized carbons (Fsp3) is 0.250. The van der Waals surface area contributed by atoms with Gasteiger partial charge in [0.2, 0.25) is 0 Å². The first-order chi connectivity index (χ1) is 8.34. The zero-order valence-electron chi connectivity index (χ0n) is 8.51. The average Bonchev–Trinajstić information content (AvgIpc) is 2.17. The highest BCUT2D eigenvalue weighted by Gasteiger charge is 2.48. The number of alkyl halides is 6. The van der Waals surface area contributed by atoms with E-state index in [4.69, 9.17) is 0 Å². The van der Waals surface area contributed by atoms with Crippen molar-refractivity contribution in [2.75, 3.05) is 0 Å². The second-order valence-electron chi connectivity index (χ2n) is 3.13. The summed E-state index contributed by atoms with van der Waals surface area (Å²) in [5.74, 6) is -0.828. The summed E-state index contributed by atoms with van der Waals surface area (Å²) in [5.41, 5.74) is -6.78. The maximum absolute atomic E-state index is 12.3. The molecule has 0 radical (unpaired) electrons. The first kappa shape index (κ1) is 16.3. The summed E-state index contributed by atoms with van der Waals surface area (Å²) in [4.78, 5) is 0. The summed E-state index contributed by atoms with van der Waals surface area (Å²) >= 11 is 1.24. The lowest BCUT2D eigenvalue weighted by molar-refractivity contribution is -0.137. The van der Waals surface area contributed by atoms with Crippen LogP contribution in [0.2, 0.25) is 0 Å². The Morgan fingerprint density at radius 3 is 1.95 bits per heavy atom. The van der Waals surface area contributed by atoms with Gasteiger partial charge >= 0.3 is 21.8 Å². The lowest BCUT2D eigenvalue weighted by Gasteiger charge is -2.12. The van der Waals surface area contributed by atoms with Crippen LogP contribution in [0.15, 0.2) is 18.2 Å². The third-order valence-electron chi connectivity index (χ3n) is 1.74. The van der Waals surface area contributed by atoms with Gasteiger partial charge in [-0.25, -0.2) is 0 Å². The van der Waals surface area contributed by atoms with Gasteiger partial charge in [0, 0.05) is 0 Å². The number of hydrogen-bond acceptors (Lipinski definition) is 3. The van der Waals surface area contributed by atoms with Gasteiger partial charge in [0.15, 0.2) is 5.75 Å². The van der Waals surface area contributed by atoms with E-state index in [9.17, 15) is 34.8 Å². The first-order valence-electron chi connectivity index (χ1n) is 4.22. The van der Waals surface area contributed by atoms with Crippen LogP contribution >= 0.6 is 22.6 Å². The molecule has 0 fully saturated rings. The highest BCUT2D eigenvalue weighted by molar-refractivity contribution is 14.1. The summed E-state index contributed by atoms with van der Waals surface area (Å²) in [6, 6.07) is 1.40. The normalized spacial score (nSPS) is 13.4. The third-order valence-corrected chi connectivity index (χ3v) is 3.55. The van der Waals surface area contributed by atoms with Gasteiger partial charge in [-0.05, 0) is 40.8 Å². The van der Waals surface area contributed by atoms with Crippen molar-refractivity contribution in [3.05, 3.63) is 27.3 Å². The number of rotatable bonds is 2. The van der Waals surface area contributed by atoms with E-state index in [0.29, 0.717) is 18.2 Å². The molecule has 0 bridgehead atoms. The molecule has 0 unspecified atom stereocenters. The van der Waals surface area contributed by atoms with Gasteiger partial charge in [0.05, 0.1) is 9.13 Å². The maximum Gasteiger partial charge on any atom is 0.534 e. The van der Waals surface area contributed by atoms with Crippen molar-refractivity contribution in [3.8, 4) is 5.75 Å². The van der Waals surface area contributed by atoms with E-state index in [1.807, 2.05) is 0 Å². The molecule has 0 aromatic heterocycles. The van der Waals surface area contributed by atoms with E-state index in [0.717, 1.165) is 0 Å². The molecule has 3 nitrogen and oxygen atoms in total. The molecule has 1 aromatic rings. The Balaban J connectivity index is 3.13. The maximum atomic E-state index is 12.3. The molecule has 0 heterocycles. The van der Waals surface area contributed by atoms with Crippen LogP contribution in [0.4, 0.5) is 26.3 Å². The fourth-order valence-electron chi connectivity index (χ4n) is 0.910. The molecule has 0 aliphatic heterocycles. The van der Waals surface area contributed by atoms with Gasteiger partial charge in [-0.2, -0.15) is 34.8 Å². The fourth-order valence-corrected chi connectivity index (χ4v) is 2.16. The van der Waals surface area contributed by atoms with Gasteiger partial charge in [-0.15, -0.1) is 0 Å². The quantitative estimate of drug-likeness (QED) is 0.318. The van der Waals surface area contributed by atoms with Crippen LogP contribution in [0.1, 0.15) is 5.56 Å². The molecule has 108 valence electrons. The van der Waals surface area contributed by atoms with E-state index < -0.39 is 36.7 Å². The Morgan fingerprint density at radius 1 is 1.05 bits per heavy atom. The molecule has 0 atom stereocenters. The topological polar surface area (TPSA) is 43.4 Å². The van der Waals surface area contributed by atoms with E-state index in [1.165, 1.54) is 22.6 Å². The Kier molecular flexibility index (Phi) is 4.29. The van der Waals surface area contributed by atoms with Crippen LogP contribution in [0.25, 0.3) is 0 Å². The summed E-state index contributed by atoms with van der Waals surface area (Å²) in [7, 11) is -5.91. The third kappa shape index (κ3) is 3.87. The lowest BCUT2D eigenvalue weighted by atomic mass is 10.2. The van der Waals surface area contributed by atoms with Crippen molar-refractivity contribution in [1.29, 1.82) is 0 Å². The van der Waals surface area contributed by atoms with E-state index in [1.54, 1.807) is 0 Å². The monoisotopic (exact) mass is 420 g/mol. The number of benzene rings is 1. The predicted molar refractivity (Wildman–Crippen MR) is 59.8 cm³/mol. The molecular formula is C8H3F6IO3S. The van der Waals surface area contributed by atoms with E-state index >= 15 is 0 Å². The highest BCUT2D eigenvalue weighted by Crippen LogP contribution is 2.35. The summed E-state index contributed by atoms with van der Waals surface area (Å²) in [5, 5.41) is 0. The van der Waals surface area contributed by atoms with Crippen molar-refractivity contribution in [2.45, 2.75) is 11.7 Å². The largest absolute Gasteiger partial charge is 0.534 e. The smallest absolute Gasteiger partial charge is 0.375 e. The predicted octanol–water partition coefficient (Wildman–Crippen LogP) is 3.54. The molecule has 0 aliphatic carbocycles. The molecular weight excluding hydrogens is 417 g/mol. The number of halogens is 7. The standard InChI is InChI=1S/C8H3F6IO3S/c9-7(10,11)4-1-2-6(5(15)3-4)18-19(16,17)8(12,13)14/h1-3H. The van der Waals surface area contributed by atoms with Gasteiger partial charge in [-0.3, -0.25) is 0 Å². The Morgan fingerprint density at radius 2 is 1.58 bits per heavy atom. The van der Waals surface area contributed by atoms with Crippen molar-refractivity contribution in [1.82, 2.24) is 0 Å². The minimum absolute atomic E-state index is 0.416. The van der Waals surface area contributed by atoms with Crippen LogP contribution < -0.4 is 4.18 Å². The van der Waals surface area contributed by atoms with Crippen LogP contribution in [0.3, 0.4) is 0 Å². The van der Waals surface area contributed by atoms with Crippen molar-refractivity contribution >= 4 is 32.7 Å². The minimum Gasteiger partial charge on any atom is -0.375 e. The Hall–Kier alpha value is -0.720. The SMILES string of the molecule is O=S(=O)(Oc1ccc(C(F)(F)F)cc1I)C(F)(F)F. The average molecular weight is 420 g/mol. The molecule has 0 aliphatic rings. The van der Waals surface area contributed by atoms with Gasteiger partial charge in [0.25, 0.3) is 0 Å². The van der Waals surface area contributed by atoms with Gasteiger partial charge in [0.1, 0.15) is 0 Å². The van der Waals surface area contributed by atoms with Crippen LogP contribution in [-0.2, 0) is 16.3 Å². The molecule has 0 spiro atoms. The highest BCUT2D eigenvalue weighted by atomic mass is 127. The van der Waals surface area contributed by atoms with Crippen LogP contribution in [-0.4, -0.2) is 13.9 Å². The molecule has 0 amide bonds. The molecule has 0 saturated carbocycles. The second-order valence-corrected chi connectivity index (χ2v) is 5.83. The second kappa shape index (κ2) is 5.00. The molecule has 1 aromatic carbocycles. The van der Waals surface area contributed by atoms with E-state index in [2.05, 4.69) is 4.18 Å². The van der Waals surface area contributed by atoms with Crippen molar-refractivity contribution in [2.24, 2.45) is 0 Å². The zero-order valence-corrected chi connectivity index (χ0v) is 11.5. The summed E-state index contributed by atoms with van der Waals surface area (Å²) in [6.45, 7) is 0. The molecule has 0 N–H and O–H groups in total. The summed E-state index contributed by atoms with van der Waals surface area (Å²) < 4.78 is 97.6. The van der Waals surface area contributed by atoms with Crippen LogP contribution in [0.5, 0.6) is 5.75 Å².